The molecule has 0 radical (unpaired) electrons. The number of halogens is 1. The maximum absolute atomic E-state index is 13.4. The molecule has 1 fully saturated rings. The Labute approximate surface area is 174 Å². The smallest absolute Gasteiger partial charge is 0.272 e. The van der Waals surface area contributed by atoms with Gasteiger partial charge in [-0.3, -0.25) is 9.20 Å². The molecule has 6 heteroatoms. The van der Waals surface area contributed by atoms with E-state index < -0.39 is 0 Å². The van der Waals surface area contributed by atoms with Crippen molar-refractivity contribution in [3.63, 3.8) is 0 Å². The van der Waals surface area contributed by atoms with Crippen molar-refractivity contribution in [2.45, 2.75) is 27.2 Å². The number of hydrogen-bond acceptors (Lipinski definition) is 3. The summed E-state index contributed by atoms with van der Waals surface area (Å²) in [6.45, 7) is 9.32. The summed E-state index contributed by atoms with van der Waals surface area (Å²) in [5.41, 5.74) is 5.95. The minimum Gasteiger partial charge on any atom is -0.368 e. The maximum atomic E-state index is 13.4. The highest BCUT2D eigenvalue weighted by Gasteiger charge is 2.27. The lowest BCUT2D eigenvalue weighted by Gasteiger charge is -2.36. The standard InChI is InChI=1S/C22H25BrN4O/c1-4-19-20(27-14-16(3)13-18(23)21(27)24-19)22(28)26-10-8-25(9-11-26)17-7-5-6-15(2)12-17/h5-7,12-14H,4,8-11H2,1-3H3. The predicted octanol–water partition coefficient (Wildman–Crippen LogP) is 4.24. The summed E-state index contributed by atoms with van der Waals surface area (Å²) in [5.74, 6) is 0.0748. The summed E-state index contributed by atoms with van der Waals surface area (Å²) in [7, 11) is 0. The van der Waals surface area contributed by atoms with E-state index in [9.17, 15) is 4.79 Å². The Balaban J connectivity index is 1.59. The number of anilines is 1. The molecule has 146 valence electrons. The minimum atomic E-state index is 0.0748. The molecule has 0 spiro atoms. The fourth-order valence-corrected chi connectivity index (χ4v) is 4.54. The van der Waals surface area contributed by atoms with Crippen LogP contribution in [0.5, 0.6) is 0 Å². The van der Waals surface area contributed by atoms with E-state index in [-0.39, 0.29) is 5.91 Å². The highest BCUT2D eigenvalue weighted by Crippen LogP contribution is 2.25. The molecular formula is C22H25BrN4O. The van der Waals surface area contributed by atoms with Crippen LogP contribution in [0.3, 0.4) is 0 Å². The van der Waals surface area contributed by atoms with Crippen LogP contribution in [0, 0.1) is 13.8 Å². The van der Waals surface area contributed by atoms with E-state index in [1.807, 2.05) is 28.5 Å². The van der Waals surface area contributed by atoms with Crippen molar-refractivity contribution in [2.75, 3.05) is 31.1 Å². The number of rotatable bonds is 3. The Morgan fingerprint density at radius 1 is 1.11 bits per heavy atom. The number of amides is 1. The SMILES string of the molecule is CCc1nc2c(Br)cc(C)cn2c1C(=O)N1CCN(c2cccc(C)c2)CC1. The van der Waals surface area contributed by atoms with E-state index in [0.29, 0.717) is 5.69 Å². The van der Waals surface area contributed by atoms with Gasteiger partial charge < -0.3 is 9.80 Å². The first kappa shape index (κ1) is 19.0. The highest BCUT2D eigenvalue weighted by atomic mass is 79.9. The number of carbonyl (C=O) groups excluding carboxylic acids is 1. The normalized spacial score (nSPS) is 14.7. The van der Waals surface area contributed by atoms with Gasteiger partial charge in [-0.25, -0.2) is 4.98 Å². The lowest BCUT2D eigenvalue weighted by molar-refractivity contribution is 0.0738. The molecule has 1 aliphatic heterocycles. The topological polar surface area (TPSA) is 40.9 Å². The fraction of sp³-hybridized carbons (Fsp3) is 0.364. The molecule has 3 heterocycles. The second kappa shape index (κ2) is 7.59. The van der Waals surface area contributed by atoms with Gasteiger partial charge in [0.05, 0.1) is 10.2 Å². The van der Waals surface area contributed by atoms with Crippen LogP contribution in [0.2, 0.25) is 0 Å². The van der Waals surface area contributed by atoms with Crippen molar-refractivity contribution in [3.8, 4) is 0 Å². The average Bonchev–Trinajstić information content (AvgIpc) is 3.06. The molecule has 0 unspecified atom stereocenters. The quantitative estimate of drug-likeness (QED) is 0.611. The third-order valence-electron chi connectivity index (χ3n) is 5.36. The summed E-state index contributed by atoms with van der Waals surface area (Å²) in [6, 6.07) is 10.6. The predicted molar refractivity (Wildman–Crippen MR) is 116 cm³/mol. The summed E-state index contributed by atoms with van der Waals surface area (Å²) in [6.07, 6.45) is 2.74. The molecule has 0 saturated carbocycles. The molecule has 2 aromatic heterocycles. The first-order valence-electron chi connectivity index (χ1n) is 9.76. The summed E-state index contributed by atoms with van der Waals surface area (Å²) in [5, 5.41) is 0. The molecule has 1 saturated heterocycles. The molecule has 3 aromatic rings. The van der Waals surface area contributed by atoms with Crippen molar-refractivity contribution in [1.82, 2.24) is 14.3 Å². The van der Waals surface area contributed by atoms with Crippen LogP contribution in [0.25, 0.3) is 5.65 Å². The van der Waals surface area contributed by atoms with Gasteiger partial charge >= 0.3 is 0 Å². The summed E-state index contributed by atoms with van der Waals surface area (Å²) < 4.78 is 2.87. The van der Waals surface area contributed by atoms with Crippen LogP contribution in [0.4, 0.5) is 5.69 Å². The highest BCUT2D eigenvalue weighted by molar-refractivity contribution is 9.10. The van der Waals surface area contributed by atoms with Crippen molar-refractivity contribution >= 4 is 33.2 Å². The molecule has 4 rings (SSSR count). The summed E-state index contributed by atoms with van der Waals surface area (Å²) in [4.78, 5) is 22.4. The van der Waals surface area contributed by atoms with E-state index in [1.165, 1.54) is 11.3 Å². The first-order chi connectivity index (χ1) is 13.5. The number of nitrogens with zero attached hydrogens (tertiary/aromatic N) is 4. The van der Waals surface area contributed by atoms with E-state index in [4.69, 9.17) is 4.98 Å². The first-order valence-corrected chi connectivity index (χ1v) is 10.5. The molecule has 0 bridgehead atoms. The number of piperazine rings is 1. The second-order valence-electron chi connectivity index (χ2n) is 7.44. The van der Waals surface area contributed by atoms with Crippen molar-refractivity contribution in [3.05, 3.63) is 63.5 Å². The average molecular weight is 441 g/mol. The molecule has 1 aromatic carbocycles. The Morgan fingerprint density at radius 2 is 1.86 bits per heavy atom. The Bertz CT molecular complexity index is 1030. The lowest BCUT2D eigenvalue weighted by Crippen LogP contribution is -2.49. The zero-order valence-electron chi connectivity index (χ0n) is 16.6. The van der Waals surface area contributed by atoms with Gasteiger partial charge in [-0.2, -0.15) is 0 Å². The van der Waals surface area contributed by atoms with Gasteiger partial charge in [0.2, 0.25) is 0 Å². The van der Waals surface area contributed by atoms with Crippen molar-refractivity contribution < 1.29 is 4.79 Å². The van der Waals surface area contributed by atoms with Crippen molar-refractivity contribution in [2.24, 2.45) is 0 Å². The number of carbonyl (C=O) groups is 1. The van der Waals surface area contributed by atoms with Crippen LogP contribution in [-0.2, 0) is 6.42 Å². The van der Waals surface area contributed by atoms with E-state index in [1.54, 1.807) is 0 Å². The minimum absolute atomic E-state index is 0.0748. The van der Waals surface area contributed by atoms with Crippen LogP contribution in [0.1, 0.15) is 34.2 Å². The number of imidazole rings is 1. The van der Waals surface area contributed by atoms with Gasteiger partial charge in [-0.15, -0.1) is 0 Å². The van der Waals surface area contributed by atoms with Gasteiger partial charge in [-0.1, -0.05) is 19.1 Å². The van der Waals surface area contributed by atoms with Crippen LogP contribution < -0.4 is 4.90 Å². The Morgan fingerprint density at radius 3 is 2.54 bits per heavy atom. The number of aromatic nitrogens is 2. The molecule has 28 heavy (non-hydrogen) atoms. The molecule has 0 aliphatic carbocycles. The number of fused-ring (bicyclic) bond motifs is 1. The zero-order chi connectivity index (χ0) is 19.8. The number of aryl methyl sites for hydroxylation is 3. The van der Waals surface area contributed by atoms with Gasteiger partial charge in [0.25, 0.3) is 5.91 Å². The van der Waals surface area contributed by atoms with Crippen LogP contribution in [-0.4, -0.2) is 46.4 Å². The van der Waals surface area contributed by atoms with Crippen molar-refractivity contribution in [1.29, 1.82) is 0 Å². The van der Waals surface area contributed by atoms with Crippen LogP contribution in [0.15, 0.2) is 41.0 Å². The van der Waals surface area contributed by atoms with E-state index >= 15 is 0 Å². The number of hydrogen-bond donors (Lipinski definition) is 0. The van der Waals surface area contributed by atoms with Gasteiger partial charge in [0.15, 0.2) is 5.65 Å². The lowest BCUT2D eigenvalue weighted by atomic mass is 10.1. The molecule has 1 aliphatic rings. The van der Waals surface area contributed by atoms with E-state index in [2.05, 4.69) is 58.9 Å². The molecule has 5 nitrogen and oxygen atoms in total. The maximum Gasteiger partial charge on any atom is 0.272 e. The third-order valence-corrected chi connectivity index (χ3v) is 5.94. The van der Waals surface area contributed by atoms with E-state index in [0.717, 1.165) is 54.0 Å². The summed E-state index contributed by atoms with van der Waals surface area (Å²) >= 11 is 3.59. The third kappa shape index (κ3) is 3.41. The van der Waals surface area contributed by atoms with Crippen LogP contribution >= 0.6 is 15.9 Å². The van der Waals surface area contributed by atoms with Gasteiger partial charge in [0.1, 0.15) is 5.69 Å². The number of benzene rings is 1. The van der Waals surface area contributed by atoms with Gasteiger partial charge in [-0.05, 0) is 65.5 Å². The fourth-order valence-electron chi connectivity index (χ4n) is 3.89. The van der Waals surface area contributed by atoms with Gasteiger partial charge in [0, 0.05) is 38.1 Å². The molecule has 0 atom stereocenters. The molecule has 1 amide bonds. The Hall–Kier alpha value is -2.34. The second-order valence-corrected chi connectivity index (χ2v) is 8.29. The molecule has 0 N–H and O–H groups in total. The number of pyridine rings is 1. The largest absolute Gasteiger partial charge is 0.368 e. The Kier molecular flexibility index (Phi) is 5.15. The monoisotopic (exact) mass is 440 g/mol. The molecular weight excluding hydrogens is 416 g/mol. The zero-order valence-corrected chi connectivity index (χ0v) is 18.2.